The lowest BCUT2D eigenvalue weighted by atomic mass is 9.90. The number of nitrogens with one attached hydrogen (secondary N) is 1. The fourth-order valence-corrected chi connectivity index (χ4v) is 4.69. The third kappa shape index (κ3) is 2.92. The lowest BCUT2D eigenvalue weighted by Crippen LogP contribution is -2.25. The SMILES string of the molecule is C[C@H]1CCc2sc(C(=O)NCc3nnc4n3CCCC4)cc2C1. The maximum absolute atomic E-state index is 12.4. The molecule has 0 saturated carbocycles. The largest absolute Gasteiger partial charge is 0.344 e. The summed E-state index contributed by atoms with van der Waals surface area (Å²) >= 11 is 1.66. The van der Waals surface area contributed by atoms with Crippen LogP contribution in [0.4, 0.5) is 0 Å². The van der Waals surface area contributed by atoms with Crippen LogP contribution in [0.5, 0.6) is 0 Å². The number of nitrogens with zero attached hydrogens (tertiary/aromatic N) is 3. The van der Waals surface area contributed by atoms with Crippen LogP contribution in [0.1, 0.15) is 57.9 Å². The third-order valence-electron chi connectivity index (χ3n) is 4.90. The summed E-state index contributed by atoms with van der Waals surface area (Å²) in [6.07, 6.45) is 6.81. The van der Waals surface area contributed by atoms with Gasteiger partial charge in [-0.05, 0) is 49.7 Å². The van der Waals surface area contributed by atoms with Crippen molar-refractivity contribution in [2.24, 2.45) is 5.92 Å². The van der Waals surface area contributed by atoms with Gasteiger partial charge >= 0.3 is 0 Å². The number of carbonyl (C=O) groups excluding carboxylic acids is 1. The summed E-state index contributed by atoms with van der Waals surface area (Å²) in [5.41, 5.74) is 1.37. The molecule has 3 heterocycles. The van der Waals surface area contributed by atoms with Gasteiger partial charge in [-0.25, -0.2) is 0 Å². The van der Waals surface area contributed by atoms with Gasteiger partial charge in [0.05, 0.1) is 11.4 Å². The third-order valence-corrected chi connectivity index (χ3v) is 6.13. The molecule has 2 aromatic heterocycles. The van der Waals surface area contributed by atoms with Crippen molar-refractivity contribution in [3.63, 3.8) is 0 Å². The van der Waals surface area contributed by atoms with E-state index in [9.17, 15) is 4.79 Å². The summed E-state index contributed by atoms with van der Waals surface area (Å²) in [6.45, 7) is 3.72. The molecule has 0 aromatic carbocycles. The van der Waals surface area contributed by atoms with Gasteiger partial charge in [0, 0.05) is 17.8 Å². The molecule has 0 radical (unpaired) electrons. The summed E-state index contributed by atoms with van der Waals surface area (Å²) in [5, 5.41) is 11.5. The van der Waals surface area contributed by atoms with E-state index in [-0.39, 0.29) is 5.91 Å². The minimum atomic E-state index is 0.0187. The minimum absolute atomic E-state index is 0.0187. The van der Waals surface area contributed by atoms with Crippen LogP contribution in [-0.4, -0.2) is 20.7 Å². The molecule has 0 fully saturated rings. The number of hydrogen-bond donors (Lipinski definition) is 1. The zero-order chi connectivity index (χ0) is 15.8. The Morgan fingerprint density at radius 2 is 2.30 bits per heavy atom. The van der Waals surface area contributed by atoms with Gasteiger partial charge in [-0.1, -0.05) is 6.92 Å². The molecule has 6 heteroatoms. The highest BCUT2D eigenvalue weighted by Gasteiger charge is 2.21. The molecule has 2 aliphatic rings. The number of aryl methyl sites for hydroxylation is 2. The van der Waals surface area contributed by atoms with Crippen molar-refractivity contribution < 1.29 is 4.79 Å². The Hall–Kier alpha value is -1.69. The lowest BCUT2D eigenvalue weighted by Gasteiger charge is -2.16. The first-order valence-electron chi connectivity index (χ1n) is 8.51. The molecule has 2 aromatic rings. The molecule has 122 valence electrons. The summed E-state index contributed by atoms with van der Waals surface area (Å²) in [6, 6.07) is 2.09. The molecular weight excluding hydrogens is 308 g/mol. The number of rotatable bonds is 3. The quantitative estimate of drug-likeness (QED) is 0.941. The molecule has 1 aliphatic carbocycles. The highest BCUT2D eigenvalue weighted by atomic mass is 32.1. The Morgan fingerprint density at radius 1 is 1.39 bits per heavy atom. The molecule has 0 spiro atoms. The average molecular weight is 330 g/mol. The van der Waals surface area contributed by atoms with Crippen molar-refractivity contribution in [3.05, 3.63) is 33.0 Å². The number of thiophene rings is 1. The first-order valence-corrected chi connectivity index (χ1v) is 9.33. The predicted octanol–water partition coefficient (Wildman–Crippen LogP) is 2.73. The summed E-state index contributed by atoms with van der Waals surface area (Å²) in [7, 11) is 0. The first-order chi connectivity index (χ1) is 11.2. The monoisotopic (exact) mass is 330 g/mol. The van der Waals surface area contributed by atoms with Crippen LogP contribution < -0.4 is 5.32 Å². The Bertz CT molecular complexity index is 733. The number of aromatic nitrogens is 3. The maximum Gasteiger partial charge on any atom is 0.261 e. The van der Waals surface area contributed by atoms with Crippen molar-refractivity contribution in [2.45, 2.75) is 58.5 Å². The maximum atomic E-state index is 12.4. The number of fused-ring (bicyclic) bond motifs is 2. The number of amides is 1. The van der Waals surface area contributed by atoms with E-state index in [1.807, 2.05) is 0 Å². The Labute approximate surface area is 140 Å². The van der Waals surface area contributed by atoms with Crippen LogP contribution in [0, 0.1) is 5.92 Å². The second-order valence-corrected chi connectivity index (χ2v) is 7.87. The van der Waals surface area contributed by atoms with Crippen LogP contribution in [0.2, 0.25) is 0 Å². The smallest absolute Gasteiger partial charge is 0.261 e. The zero-order valence-electron chi connectivity index (χ0n) is 13.5. The predicted molar refractivity (Wildman–Crippen MR) is 89.6 cm³/mol. The van der Waals surface area contributed by atoms with Crippen molar-refractivity contribution >= 4 is 17.2 Å². The first kappa shape index (κ1) is 14.9. The van der Waals surface area contributed by atoms with Crippen LogP contribution in [-0.2, 0) is 32.4 Å². The topological polar surface area (TPSA) is 59.8 Å². The van der Waals surface area contributed by atoms with Crippen molar-refractivity contribution in [2.75, 3.05) is 0 Å². The zero-order valence-corrected chi connectivity index (χ0v) is 14.3. The van der Waals surface area contributed by atoms with Gasteiger partial charge in [-0.3, -0.25) is 4.79 Å². The van der Waals surface area contributed by atoms with Crippen LogP contribution in [0.25, 0.3) is 0 Å². The Kier molecular flexibility index (Phi) is 3.93. The van der Waals surface area contributed by atoms with E-state index >= 15 is 0 Å². The van der Waals surface area contributed by atoms with Gasteiger partial charge in [-0.2, -0.15) is 0 Å². The summed E-state index contributed by atoms with van der Waals surface area (Å²) in [4.78, 5) is 14.7. The molecule has 0 saturated heterocycles. The Morgan fingerprint density at radius 3 is 3.22 bits per heavy atom. The van der Waals surface area contributed by atoms with Gasteiger partial charge in [0.1, 0.15) is 5.82 Å². The van der Waals surface area contributed by atoms with Crippen molar-refractivity contribution in [1.29, 1.82) is 0 Å². The minimum Gasteiger partial charge on any atom is -0.344 e. The van der Waals surface area contributed by atoms with Crippen LogP contribution in [0.3, 0.4) is 0 Å². The highest BCUT2D eigenvalue weighted by Crippen LogP contribution is 2.32. The summed E-state index contributed by atoms with van der Waals surface area (Å²) in [5.74, 6) is 2.69. The second kappa shape index (κ2) is 6.07. The van der Waals surface area contributed by atoms with Crippen LogP contribution >= 0.6 is 11.3 Å². The van der Waals surface area contributed by atoms with E-state index in [0.29, 0.717) is 6.54 Å². The van der Waals surface area contributed by atoms with Gasteiger partial charge in [0.15, 0.2) is 5.82 Å². The van der Waals surface area contributed by atoms with Crippen molar-refractivity contribution in [3.8, 4) is 0 Å². The van der Waals surface area contributed by atoms with Gasteiger partial charge in [0.25, 0.3) is 5.91 Å². The molecule has 1 N–H and O–H groups in total. The van der Waals surface area contributed by atoms with Gasteiger partial charge in [-0.15, -0.1) is 21.5 Å². The van der Waals surface area contributed by atoms with E-state index in [2.05, 4.69) is 33.1 Å². The van der Waals surface area contributed by atoms with Crippen LogP contribution in [0.15, 0.2) is 6.07 Å². The molecule has 0 bridgehead atoms. The molecule has 5 nitrogen and oxygen atoms in total. The molecule has 1 atom stereocenters. The lowest BCUT2D eigenvalue weighted by molar-refractivity contribution is 0.0953. The van der Waals surface area contributed by atoms with Crippen molar-refractivity contribution in [1.82, 2.24) is 20.1 Å². The fraction of sp³-hybridized carbons (Fsp3) is 0.588. The normalized spacial score (nSPS) is 20.0. The molecule has 0 unspecified atom stereocenters. The molecule has 1 aliphatic heterocycles. The van der Waals surface area contributed by atoms with Gasteiger partial charge in [0.2, 0.25) is 0 Å². The second-order valence-electron chi connectivity index (χ2n) is 6.73. The van der Waals surface area contributed by atoms with E-state index < -0.39 is 0 Å². The molecular formula is C17H22N4OS. The number of carbonyl (C=O) groups is 1. The van der Waals surface area contributed by atoms with E-state index in [1.165, 1.54) is 29.7 Å². The number of hydrogen-bond acceptors (Lipinski definition) is 4. The van der Waals surface area contributed by atoms with Gasteiger partial charge < -0.3 is 9.88 Å². The highest BCUT2D eigenvalue weighted by molar-refractivity contribution is 7.14. The molecule has 1 amide bonds. The Balaban J connectivity index is 1.43. The average Bonchev–Trinajstić information content (AvgIpc) is 3.16. The van der Waals surface area contributed by atoms with E-state index in [4.69, 9.17) is 0 Å². The summed E-state index contributed by atoms with van der Waals surface area (Å²) < 4.78 is 2.16. The fourth-order valence-electron chi connectivity index (χ4n) is 3.56. The molecule has 23 heavy (non-hydrogen) atoms. The van der Waals surface area contributed by atoms with E-state index in [0.717, 1.165) is 48.3 Å². The standard InChI is InChI=1S/C17H22N4OS/c1-11-5-6-13-12(8-11)9-14(23-13)17(22)18-10-16-20-19-15-4-2-3-7-21(15)16/h9,11H,2-8,10H2,1H3,(H,18,22)/t11-/m0/s1. The van der Waals surface area contributed by atoms with E-state index in [1.54, 1.807) is 11.3 Å². The molecule has 4 rings (SSSR count).